The Hall–Kier alpha value is -6.12. The number of aryl methyl sites for hydroxylation is 1. The summed E-state index contributed by atoms with van der Waals surface area (Å²) in [6.07, 6.45) is 12.8. The van der Waals surface area contributed by atoms with Crippen molar-refractivity contribution in [3.63, 3.8) is 0 Å². The minimum Gasteiger partial charge on any atom is -0.444 e. The molecule has 1 aromatic heterocycles. The van der Waals surface area contributed by atoms with Gasteiger partial charge in [0.1, 0.15) is 11.6 Å². The first-order valence-electron chi connectivity index (χ1n) is 23.4. The normalized spacial score (nSPS) is 20.0. The van der Waals surface area contributed by atoms with E-state index in [2.05, 4.69) is 60.7 Å². The highest BCUT2D eigenvalue weighted by Crippen LogP contribution is 2.43. The fourth-order valence-corrected chi connectivity index (χ4v) is 11.8. The molecule has 4 aromatic carbocycles. The third-order valence-corrected chi connectivity index (χ3v) is 15.8. The summed E-state index contributed by atoms with van der Waals surface area (Å²) in [7, 11) is -3.29. The van der Waals surface area contributed by atoms with E-state index in [-0.39, 0.29) is 18.9 Å². The number of primary amides is 1. The third kappa shape index (κ3) is 10.5. The topological polar surface area (TPSA) is 146 Å². The predicted octanol–water partition coefficient (Wildman–Crippen LogP) is 10.5. The van der Waals surface area contributed by atoms with Gasteiger partial charge in [-0.2, -0.15) is 5.06 Å². The van der Waals surface area contributed by atoms with Gasteiger partial charge in [0.15, 0.2) is 16.1 Å². The van der Waals surface area contributed by atoms with Gasteiger partial charge in [0.2, 0.25) is 5.91 Å². The van der Waals surface area contributed by atoms with E-state index in [1.807, 2.05) is 63.2 Å². The van der Waals surface area contributed by atoms with E-state index in [1.54, 1.807) is 22.3 Å². The molecule has 11 nitrogen and oxygen atoms in total. The van der Waals surface area contributed by atoms with Crippen molar-refractivity contribution in [3.05, 3.63) is 159 Å². The number of ether oxygens (including phenoxy) is 2. The quantitative estimate of drug-likeness (QED) is 0.151. The second-order valence-electron chi connectivity index (χ2n) is 18.8. The molecule has 10 rings (SSSR count). The number of fused-ring (bicyclic) bond motifs is 6. The molecular formula is C55H57N3O8S2. The number of amides is 3. The third-order valence-electron chi connectivity index (χ3n) is 12.9. The minimum atomic E-state index is -3.29. The number of allylic oxidation sites excluding steroid dienone is 3. The Morgan fingerprint density at radius 3 is 2.35 bits per heavy atom. The number of carbonyl (C=O) groups excluding carboxylic acids is 3. The van der Waals surface area contributed by atoms with Crippen molar-refractivity contribution in [1.29, 1.82) is 0 Å². The van der Waals surface area contributed by atoms with Crippen LogP contribution in [0.4, 0.5) is 10.5 Å². The second-order valence-corrected chi connectivity index (χ2v) is 22.0. The first kappa shape index (κ1) is 47.0. The molecule has 5 aliphatic rings. The minimum absolute atomic E-state index is 0.150. The largest absolute Gasteiger partial charge is 0.444 e. The number of nitrogens with zero attached hydrogens (tertiary/aromatic N) is 2. The average Bonchev–Trinajstić information content (AvgIpc) is 3.84. The highest BCUT2D eigenvalue weighted by atomic mass is 32.2. The van der Waals surface area contributed by atoms with Gasteiger partial charge in [-0.25, -0.2) is 18.0 Å². The van der Waals surface area contributed by atoms with E-state index in [0.29, 0.717) is 25.1 Å². The van der Waals surface area contributed by atoms with E-state index in [9.17, 15) is 22.8 Å². The molecule has 3 atom stereocenters. The molecule has 2 N–H and O–H groups in total. The lowest BCUT2D eigenvalue weighted by atomic mass is 9.78. The van der Waals surface area contributed by atoms with Gasteiger partial charge in [0, 0.05) is 41.0 Å². The standard InChI is InChI=1S/C48H48N2O5S.C7H9NO3S/c1-48(2,3)54-47(52)49-30-36-13-5-4-12-32(36)29-42(49)46(51)50(55-45-17-8-9-26-53-45)37-15-10-14-34(28-37)43-24-25-44(56-43)35-20-21-39-33(27-35)19-23-40-38-16-7-6-11-31(38)18-22-41(39)40;8-7(9)5-6-3-1-2-4-12(6,10)11/h4-7,10-16,19,23-25,27-28,42,45H,8-9,17-18,20-22,26,29-30H2,1-3H3;1-4,6H,5H2,(H2,8,9)/t42-,45?;/m0./s1. The van der Waals surface area contributed by atoms with Gasteiger partial charge in [-0.1, -0.05) is 97.1 Å². The van der Waals surface area contributed by atoms with Crippen molar-refractivity contribution in [3.8, 4) is 21.6 Å². The Morgan fingerprint density at radius 1 is 0.824 bits per heavy atom. The van der Waals surface area contributed by atoms with E-state index < -0.39 is 45.0 Å². The van der Waals surface area contributed by atoms with Gasteiger partial charge in [-0.05, 0) is 139 Å². The summed E-state index contributed by atoms with van der Waals surface area (Å²) in [6, 6.07) is 33.0. The van der Waals surface area contributed by atoms with E-state index in [0.717, 1.165) is 65.5 Å². The summed E-state index contributed by atoms with van der Waals surface area (Å²) in [5, 5.41) is 1.68. The van der Waals surface area contributed by atoms with Gasteiger partial charge >= 0.3 is 6.09 Å². The number of benzene rings is 4. The maximum Gasteiger partial charge on any atom is 0.411 e. The fraction of sp³-hybridized carbons (Fsp3) is 0.327. The molecule has 0 spiro atoms. The Kier molecular flexibility index (Phi) is 13.7. The molecule has 5 aromatic rings. The van der Waals surface area contributed by atoms with Gasteiger partial charge in [-0.3, -0.25) is 14.5 Å². The number of sulfone groups is 1. The van der Waals surface area contributed by atoms with Crippen molar-refractivity contribution in [1.82, 2.24) is 4.90 Å². The Morgan fingerprint density at radius 2 is 1.59 bits per heavy atom. The van der Waals surface area contributed by atoms with Crippen LogP contribution in [0.25, 0.3) is 33.2 Å². The number of rotatable bonds is 8. The fourth-order valence-electron chi connectivity index (χ4n) is 9.58. The Bertz CT molecular complexity index is 2940. The lowest BCUT2D eigenvalue weighted by Gasteiger charge is -2.39. The Balaban J connectivity index is 0.000000422. The SMILES string of the molecule is CC(C)(C)OC(=O)N1Cc2ccccc2C[C@H]1C(=O)N(OC1CCCCO1)c1cccc(-c2ccc(C3=Cc4ccc5c(c4CC3)CCc3ccccc3-5)s2)c1.NC(=O)CC1C=CC=CS1(=O)=O. The van der Waals surface area contributed by atoms with Crippen LogP contribution < -0.4 is 10.8 Å². The maximum absolute atomic E-state index is 14.9. The van der Waals surface area contributed by atoms with Crippen LogP contribution in [-0.4, -0.2) is 61.0 Å². The number of carbonyl (C=O) groups is 3. The lowest BCUT2D eigenvalue weighted by Crippen LogP contribution is -2.55. The molecule has 1 saturated heterocycles. The van der Waals surface area contributed by atoms with E-state index in [4.69, 9.17) is 20.0 Å². The first-order valence-corrected chi connectivity index (χ1v) is 25.8. The van der Waals surface area contributed by atoms with Crippen LogP contribution >= 0.6 is 11.3 Å². The van der Waals surface area contributed by atoms with Gasteiger partial charge in [0.25, 0.3) is 5.91 Å². The average molecular weight is 952 g/mol. The number of anilines is 1. The zero-order valence-corrected chi connectivity index (χ0v) is 40.3. The van der Waals surface area contributed by atoms with Crippen LogP contribution in [-0.2, 0) is 66.0 Å². The van der Waals surface area contributed by atoms with Crippen molar-refractivity contribution < 1.29 is 37.1 Å². The molecule has 68 heavy (non-hydrogen) atoms. The smallest absolute Gasteiger partial charge is 0.411 e. The molecule has 13 heteroatoms. The van der Waals surface area contributed by atoms with E-state index in [1.165, 1.54) is 61.0 Å². The molecule has 2 aliphatic carbocycles. The molecule has 3 aliphatic heterocycles. The maximum atomic E-state index is 14.9. The van der Waals surface area contributed by atoms with Gasteiger partial charge < -0.3 is 15.2 Å². The first-order chi connectivity index (χ1) is 32.7. The van der Waals surface area contributed by atoms with Crippen molar-refractivity contribution in [2.45, 2.75) is 108 Å². The summed E-state index contributed by atoms with van der Waals surface area (Å²) in [5.41, 5.74) is 17.7. The summed E-state index contributed by atoms with van der Waals surface area (Å²) in [4.78, 5) is 49.4. The lowest BCUT2D eigenvalue weighted by molar-refractivity contribution is -0.179. The van der Waals surface area contributed by atoms with Crippen molar-refractivity contribution >= 4 is 56.4 Å². The molecule has 2 unspecified atom stereocenters. The monoisotopic (exact) mass is 951 g/mol. The number of hydroxylamine groups is 1. The zero-order valence-electron chi connectivity index (χ0n) is 38.7. The van der Waals surface area contributed by atoms with Crippen molar-refractivity contribution in [2.24, 2.45) is 5.73 Å². The van der Waals surface area contributed by atoms with Crippen molar-refractivity contribution in [2.75, 3.05) is 11.7 Å². The Labute approximate surface area is 402 Å². The number of nitrogens with two attached hydrogens (primary N) is 1. The number of thiophene rings is 1. The second kappa shape index (κ2) is 19.8. The van der Waals surface area contributed by atoms with Crippen LogP contribution in [0.1, 0.15) is 91.1 Å². The summed E-state index contributed by atoms with van der Waals surface area (Å²) < 4.78 is 34.2. The summed E-state index contributed by atoms with van der Waals surface area (Å²) in [6.45, 7) is 6.36. The molecule has 0 saturated carbocycles. The summed E-state index contributed by atoms with van der Waals surface area (Å²) >= 11 is 1.77. The highest BCUT2D eigenvalue weighted by molar-refractivity contribution is 7.95. The molecule has 4 heterocycles. The molecule has 0 radical (unpaired) electrons. The predicted molar refractivity (Wildman–Crippen MR) is 268 cm³/mol. The van der Waals surface area contributed by atoms with Crippen LogP contribution in [0.3, 0.4) is 0 Å². The highest BCUT2D eigenvalue weighted by Gasteiger charge is 2.41. The van der Waals surface area contributed by atoms with Crippen LogP contribution in [0.15, 0.2) is 121 Å². The van der Waals surface area contributed by atoms with Gasteiger partial charge in [-0.15, -0.1) is 11.3 Å². The van der Waals surface area contributed by atoms with Gasteiger partial charge in [0.05, 0.1) is 17.5 Å². The van der Waals surface area contributed by atoms with Crippen LogP contribution in [0.5, 0.6) is 0 Å². The number of hydrogen-bond donors (Lipinski definition) is 1. The zero-order chi connectivity index (χ0) is 47.6. The molecule has 1 fully saturated rings. The molecular weight excluding hydrogens is 895 g/mol. The molecule has 352 valence electrons. The summed E-state index contributed by atoms with van der Waals surface area (Å²) in [5.74, 6) is -0.941. The van der Waals surface area contributed by atoms with Crippen LogP contribution in [0, 0.1) is 0 Å². The number of hydrogen-bond acceptors (Lipinski definition) is 9. The van der Waals surface area contributed by atoms with E-state index >= 15 is 0 Å². The molecule has 3 amide bonds. The van der Waals surface area contributed by atoms with Crippen LogP contribution in [0.2, 0.25) is 0 Å². The molecule has 0 bridgehead atoms.